The van der Waals surface area contributed by atoms with Crippen molar-refractivity contribution >= 4 is 5.69 Å². The summed E-state index contributed by atoms with van der Waals surface area (Å²) in [5, 5.41) is 0. The number of aryl methyl sites for hydroxylation is 1. The maximum Gasteiger partial charge on any atom is 0.0446 e. The minimum atomic E-state index is 0.577. The zero-order valence-corrected chi connectivity index (χ0v) is 11.8. The molecule has 0 bridgehead atoms. The molecule has 1 unspecified atom stereocenters. The van der Waals surface area contributed by atoms with Crippen molar-refractivity contribution in [1.82, 2.24) is 9.88 Å². The van der Waals surface area contributed by atoms with Crippen molar-refractivity contribution in [3.05, 3.63) is 23.5 Å². The van der Waals surface area contributed by atoms with Gasteiger partial charge < -0.3 is 10.6 Å². The lowest BCUT2D eigenvalue weighted by molar-refractivity contribution is 0.133. The van der Waals surface area contributed by atoms with Crippen LogP contribution in [0.3, 0.4) is 0 Å². The van der Waals surface area contributed by atoms with E-state index >= 15 is 0 Å². The van der Waals surface area contributed by atoms with Crippen LogP contribution >= 0.6 is 0 Å². The van der Waals surface area contributed by atoms with Crippen LogP contribution in [0.5, 0.6) is 0 Å². The first kappa shape index (κ1) is 12.9. The molecule has 19 heavy (non-hydrogen) atoms. The van der Waals surface area contributed by atoms with Crippen molar-refractivity contribution in [3.63, 3.8) is 0 Å². The molecule has 1 aromatic heterocycles. The number of aromatic nitrogens is 1. The normalized spacial score (nSPS) is 24.3. The van der Waals surface area contributed by atoms with Crippen molar-refractivity contribution in [1.29, 1.82) is 0 Å². The van der Waals surface area contributed by atoms with Gasteiger partial charge in [0, 0.05) is 55.4 Å². The molecule has 2 N–H and O–H groups in total. The second-order valence-corrected chi connectivity index (χ2v) is 5.79. The number of nitrogens with two attached hydrogens (primary N) is 1. The molecule has 2 saturated heterocycles. The van der Waals surface area contributed by atoms with Gasteiger partial charge in [-0.2, -0.15) is 0 Å². The summed E-state index contributed by atoms with van der Waals surface area (Å²) < 4.78 is 0. The second-order valence-electron chi connectivity index (χ2n) is 5.79. The predicted molar refractivity (Wildman–Crippen MR) is 78.3 cm³/mol. The zero-order valence-electron chi connectivity index (χ0n) is 11.8. The van der Waals surface area contributed by atoms with Gasteiger partial charge in [-0.15, -0.1) is 0 Å². The monoisotopic (exact) mass is 260 g/mol. The van der Waals surface area contributed by atoms with Gasteiger partial charge >= 0.3 is 0 Å². The Bertz CT molecular complexity index is 446. The van der Waals surface area contributed by atoms with Gasteiger partial charge in [-0.3, -0.25) is 9.88 Å². The third kappa shape index (κ3) is 2.60. The first-order valence-corrected chi connectivity index (χ1v) is 7.42. The van der Waals surface area contributed by atoms with E-state index < -0.39 is 0 Å². The largest absolute Gasteiger partial charge is 0.368 e. The number of nitrogens with zero attached hydrogens (tertiary/aromatic N) is 3. The van der Waals surface area contributed by atoms with E-state index in [1.807, 2.05) is 6.20 Å². The Morgan fingerprint density at radius 1 is 1.32 bits per heavy atom. The average Bonchev–Trinajstić information content (AvgIpc) is 2.46. The smallest absolute Gasteiger partial charge is 0.0446 e. The number of fused-ring (bicyclic) bond motifs is 1. The Morgan fingerprint density at radius 2 is 2.21 bits per heavy atom. The molecule has 2 aliphatic rings. The molecule has 3 rings (SSSR count). The molecular formula is C15H24N4. The van der Waals surface area contributed by atoms with Crippen LogP contribution < -0.4 is 10.6 Å². The summed E-state index contributed by atoms with van der Waals surface area (Å²) in [6, 6.07) is 2.93. The standard InChI is InChI=1S/C15H24N4/c1-12-8-15(13(9-16)10-17-12)19-7-6-18-5-3-2-4-14(18)11-19/h8,10,14H,2-7,9,11,16H2,1H3. The lowest BCUT2D eigenvalue weighted by Gasteiger charge is -2.45. The molecule has 1 aromatic rings. The molecule has 0 saturated carbocycles. The molecule has 3 heterocycles. The average molecular weight is 260 g/mol. The molecule has 104 valence electrons. The molecule has 0 aliphatic carbocycles. The van der Waals surface area contributed by atoms with Crippen LogP contribution in [0.4, 0.5) is 5.69 Å². The van der Waals surface area contributed by atoms with Gasteiger partial charge in [0.1, 0.15) is 0 Å². The van der Waals surface area contributed by atoms with Gasteiger partial charge in [0.2, 0.25) is 0 Å². The van der Waals surface area contributed by atoms with Crippen molar-refractivity contribution in [2.24, 2.45) is 5.73 Å². The third-order valence-electron chi connectivity index (χ3n) is 4.50. The Kier molecular flexibility index (Phi) is 3.71. The fourth-order valence-corrected chi connectivity index (χ4v) is 3.40. The highest BCUT2D eigenvalue weighted by Gasteiger charge is 2.29. The lowest BCUT2D eigenvalue weighted by atomic mass is 9.99. The fourth-order valence-electron chi connectivity index (χ4n) is 3.40. The minimum absolute atomic E-state index is 0.577. The molecule has 0 radical (unpaired) electrons. The Morgan fingerprint density at radius 3 is 3.05 bits per heavy atom. The quantitative estimate of drug-likeness (QED) is 0.876. The Labute approximate surface area is 115 Å². The SMILES string of the molecule is Cc1cc(N2CCN3CCCCC3C2)c(CN)cn1. The molecular weight excluding hydrogens is 236 g/mol. The van der Waals surface area contributed by atoms with E-state index in [0.717, 1.165) is 24.8 Å². The van der Waals surface area contributed by atoms with Gasteiger partial charge in [-0.05, 0) is 32.4 Å². The van der Waals surface area contributed by atoms with Gasteiger partial charge in [-0.1, -0.05) is 6.42 Å². The number of rotatable bonds is 2. The number of piperidine rings is 1. The number of piperazine rings is 1. The van der Waals surface area contributed by atoms with E-state index in [9.17, 15) is 0 Å². The van der Waals surface area contributed by atoms with Crippen molar-refractivity contribution in [2.45, 2.75) is 38.8 Å². The topological polar surface area (TPSA) is 45.4 Å². The third-order valence-corrected chi connectivity index (χ3v) is 4.50. The number of pyridine rings is 1. The maximum atomic E-state index is 5.86. The van der Waals surface area contributed by atoms with Crippen molar-refractivity contribution < 1.29 is 0 Å². The van der Waals surface area contributed by atoms with Crippen LogP contribution in [0, 0.1) is 6.92 Å². The van der Waals surface area contributed by atoms with Crippen molar-refractivity contribution in [2.75, 3.05) is 31.1 Å². The lowest BCUT2D eigenvalue weighted by Crippen LogP contribution is -2.55. The van der Waals surface area contributed by atoms with Crippen LogP contribution in [0.1, 0.15) is 30.5 Å². The van der Waals surface area contributed by atoms with Crippen LogP contribution in [-0.4, -0.2) is 42.1 Å². The van der Waals surface area contributed by atoms with Crippen molar-refractivity contribution in [3.8, 4) is 0 Å². The summed E-state index contributed by atoms with van der Waals surface area (Å²) in [5.74, 6) is 0. The highest BCUT2D eigenvalue weighted by molar-refractivity contribution is 5.54. The summed E-state index contributed by atoms with van der Waals surface area (Å²) in [6.07, 6.45) is 6.05. The summed E-state index contributed by atoms with van der Waals surface area (Å²) >= 11 is 0. The van der Waals surface area contributed by atoms with Crippen LogP contribution in [0.2, 0.25) is 0 Å². The highest BCUT2D eigenvalue weighted by atomic mass is 15.3. The van der Waals surface area contributed by atoms with Crippen LogP contribution in [0.25, 0.3) is 0 Å². The van der Waals surface area contributed by atoms with Gasteiger partial charge in [0.05, 0.1) is 0 Å². The first-order chi connectivity index (χ1) is 9.28. The second kappa shape index (κ2) is 5.47. The highest BCUT2D eigenvalue weighted by Crippen LogP contribution is 2.27. The van der Waals surface area contributed by atoms with E-state index in [2.05, 4.69) is 27.8 Å². The number of anilines is 1. The molecule has 4 nitrogen and oxygen atoms in total. The van der Waals surface area contributed by atoms with E-state index in [-0.39, 0.29) is 0 Å². The molecule has 1 atom stereocenters. The summed E-state index contributed by atoms with van der Waals surface area (Å²) in [6.45, 7) is 7.38. The number of hydrogen-bond donors (Lipinski definition) is 1. The predicted octanol–water partition coefficient (Wildman–Crippen LogP) is 1.52. The Hall–Kier alpha value is -1.13. The molecule has 0 aromatic carbocycles. The summed E-state index contributed by atoms with van der Waals surface area (Å²) in [7, 11) is 0. The van der Waals surface area contributed by atoms with Gasteiger partial charge in [0.15, 0.2) is 0 Å². The molecule has 4 heteroatoms. The summed E-state index contributed by atoms with van der Waals surface area (Å²) in [4.78, 5) is 9.55. The van der Waals surface area contributed by atoms with Crippen LogP contribution in [-0.2, 0) is 6.54 Å². The number of hydrogen-bond acceptors (Lipinski definition) is 4. The fraction of sp³-hybridized carbons (Fsp3) is 0.667. The molecule has 0 spiro atoms. The van der Waals surface area contributed by atoms with Crippen LogP contribution in [0.15, 0.2) is 12.3 Å². The summed E-state index contributed by atoms with van der Waals surface area (Å²) in [5.41, 5.74) is 9.43. The van der Waals surface area contributed by atoms with E-state index in [1.165, 1.54) is 43.6 Å². The maximum absolute atomic E-state index is 5.86. The zero-order chi connectivity index (χ0) is 13.2. The van der Waals surface area contributed by atoms with Gasteiger partial charge in [-0.25, -0.2) is 0 Å². The van der Waals surface area contributed by atoms with E-state index in [4.69, 9.17) is 5.73 Å². The molecule has 2 aliphatic heterocycles. The van der Waals surface area contributed by atoms with E-state index in [1.54, 1.807) is 0 Å². The molecule has 0 amide bonds. The molecule has 2 fully saturated rings. The van der Waals surface area contributed by atoms with E-state index in [0.29, 0.717) is 6.54 Å². The Balaban J connectivity index is 1.80. The minimum Gasteiger partial charge on any atom is -0.368 e. The first-order valence-electron chi connectivity index (χ1n) is 7.42. The van der Waals surface area contributed by atoms with Gasteiger partial charge in [0.25, 0.3) is 0 Å².